The SMILES string of the molecule is CCCCCCCCCCOCCOCCOCCOS(=O)(=O)c1ccccc1. The normalized spacial score (nSPS) is 11.8. The van der Waals surface area contributed by atoms with Crippen LogP contribution >= 0.6 is 0 Å². The van der Waals surface area contributed by atoms with Crippen LogP contribution in [0.3, 0.4) is 0 Å². The molecule has 1 aromatic carbocycles. The molecule has 1 rings (SSSR count). The van der Waals surface area contributed by atoms with Gasteiger partial charge in [-0.2, -0.15) is 8.42 Å². The molecule has 0 aliphatic rings. The maximum atomic E-state index is 11.9. The molecule has 0 aliphatic heterocycles. The predicted octanol–water partition coefficient (Wildman–Crippen LogP) is 4.58. The lowest BCUT2D eigenvalue weighted by Crippen LogP contribution is -2.14. The number of unbranched alkanes of at least 4 members (excludes halogenated alkanes) is 7. The van der Waals surface area contributed by atoms with Crippen molar-refractivity contribution in [2.24, 2.45) is 0 Å². The second-order valence-electron chi connectivity index (χ2n) is 6.90. The van der Waals surface area contributed by atoms with E-state index < -0.39 is 10.1 Å². The van der Waals surface area contributed by atoms with Gasteiger partial charge < -0.3 is 14.2 Å². The molecule has 0 aromatic heterocycles. The van der Waals surface area contributed by atoms with Crippen LogP contribution in [-0.4, -0.2) is 54.7 Å². The van der Waals surface area contributed by atoms with Crippen LogP contribution in [0.5, 0.6) is 0 Å². The van der Waals surface area contributed by atoms with Gasteiger partial charge in [-0.05, 0) is 18.6 Å². The van der Waals surface area contributed by atoms with Crippen molar-refractivity contribution in [2.45, 2.75) is 63.2 Å². The third-order valence-corrected chi connectivity index (χ3v) is 5.71. The molecule has 0 saturated carbocycles. The molecule has 0 aliphatic carbocycles. The zero-order valence-corrected chi connectivity index (χ0v) is 18.7. The van der Waals surface area contributed by atoms with Gasteiger partial charge in [-0.25, -0.2) is 0 Å². The Balaban J connectivity index is 1.80. The van der Waals surface area contributed by atoms with Crippen LogP contribution in [0.2, 0.25) is 0 Å². The highest BCUT2D eigenvalue weighted by molar-refractivity contribution is 7.86. The quantitative estimate of drug-likeness (QED) is 0.223. The lowest BCUT2D eigenvalue weighted by atomic mass is 10.1. The first-order chi connectivity index (χ1) is 14.2. The highest BCUT2D eigenvalue weighted by Crippen LogP contribution is 2.11. The Kier molecular flexibility index (Phi) is 16.0. The van der Waals surface area contributed by atoms with Gasteiger partial charge >= 0.3 is 0 Å². The van der Waals surface area contributed by atoms with Crippen LogP contribution in [0.4, 0.5) is 0 Å². The minimum Gasteiger partial charge on any atom is -0.379 e. The van der Waals surface area contributed by atoms with Gasteiger partial charge in [0.15, 0.2) is 0 Å². The summed E-state index contributed by atoms with van der Waals surface area (Å²) in [7, 11) is -3.71. The summed E-state index contributed by atoms with van der Waals surface area (Å²) in [4.78, 5) is 0.148. The number of hydrogen-bond donors (Lipinski definition) is 0. The average molecular weight is 431 g/mol. The topological polar surface area (TPSA) is 71.1 Å². The fourth-order valence-electron chi connectivity index (χ4n) is 2.74. The monoisotopic (exact) mass is 430 g/mol. The van der Waals surface area contributed by atoms with Crippen LogP contribution in [-0.2, 0) is 28.5 Å². The highest BCUT2D eigenvalue weighted by Gasteiger charge is 2.13. The van der Waals surface area contributed by atoms with E-state index in [1.807, 2.05) is 0 Å². The number of benzene rings is 1. The van der Waals surface area contributed by atoms with Gasteiger partial charge in [0.1, 0.15) is 0 Å². The van der Waals surface area contributed by atoms with Gasteiger partial charge in [0.05, 0.1) is 44.5 Å². The van der Waals surface area contributed by atoms with Crippen LogP contribution in [0, 0.1) is 0 Å². The molecular formula is C22H38O6S. The maximum absolute atomic E-state index is 11.9. The molecule has 0 fully saturated rings. The van der Waals surface area contributed by atoms with Gasteiger partial charge in [0.2, 0.25) is 0 Å². The summed E-state index contributed by atoms with van der Waals surface area (Å²) >= 11 is 0. The van der Waals surface area contributed by atoms with E-state index in [4.69, 9.17) is 18.4 Å². The molecule has 0 spiro atoms. The molecule has 0 N–H and O–H groups in total. The van der Waals surface area contributed by atoms with Crippen LogP contribution < -0.4 is 0 Å². The van der Waals surface area contributed by atoms with E-state index >= 15 is 0 Å². The summed E-state index contributed by atoms with van der Waals surface area (Å²) in [6, 6.07) is 8.07. The summed E-state index contributed by atoms with van der Waals surface area (Å²) in [5, 5.41) is 0. The Morgan fingerprint density at radius 3 is 1.69 bits per heavy atom. The third-order valence-electron chi connectivity index (χ3n) is 4.38. The minimum absolute atomic E-state index is 0.0149. The smallest absolute Gasteiger partial charge is 0.297 e. The van der Waals surface area contributed by atoms with E-state index in [1.165, 1.54) is 57.1 Å². The lowest BCUT2D eigenvalue weighted by Gasteiger charge is -2.08. The average Bonchev–Trinajstić information content (AvgIpc) is 2.73. The zero-order valence-electron chi connectivity index (χ0n) is 17.9. The zero-order chi connectivity index (χ0) is 21.0. The molecule has 168 valence electrons. The van der Waals surface area contributed by atoms with E-state index in [2.05, 4.69) is 6.92 Å². The van der Waals surface area contributed by atoms with Gasteiger partial charge in [-0.1, -0.05) is 70.1 Å². The van der Waals surface area contributed by atoms with E-state index in [0.29, 0.717) is 26.4 Å². The molecule has 1 aromatic rings. The molecule has 0 amide bonds. The Hall–Kier alpha value is -0.990. The molecule has 0 radical (unpaired) electrons. The Morgan fingerprint density at radius 2 is 1.10 bits per heavy atom. The van der Waals surface area contributed by atoms with Gasteiger partial charge in [0.25, 0.3) is 10.1 Å². The first-order valence-electron chi connectivity index (χ1n) is 10.8. The molecule has 0 unspecified atom stereocenters. The van der Waals surface area contributed by atoms with Crippen molar-refractivity contribution in [2.75, 3.05) is 46.2 Å². The van der Waals surface area contributed by atoms with Crippen molar-refractivity contribution in [3.63, 3.8) is 0 Å². The maximum Gasteiger partial charge on any atom is 0.297 e. The molecule has 29 heavy (non-hydrogen) atoms. The van der Waals surface area contributed by atoms with Gasteiger partial charge in [0, 0.05) is 6.61 Å². The van der Waals surface area contributed by atoms with Crippen molar-refractivity contribution in [1.29, 1.82) is 0 Å². The summed E-state index contributed by atoms with van der Waals surface area (Å²) in [6.07, 6.45) is 10.4. The van der Waals surface area contributed by atoms with E-state index in [1.54, 1.807) is 18.2 Å². The largest absolute Gasteiger partial charge is 0.379 e. The molecule has 0 atom stereocenters. The molecular weight excluding hydrogens is 392 g/mol. The van der Waals surface area contributed by atoms with Crippen molar-refractivity contribution in [3.8, 4) is 0 Å². The highest BCUT2D eigenvalue weighted by atomic mass is 32.2. The number of hydrogen-bond acceptors (Lipinski definition) is 6. The lowest BCUT2D eigenvalue weighted by molar-refractivity contribution is 0.00912. The van der Waals surface area contributed by atoms with Crippen LogP contribution in [0.1, 0.15) is 58.3 Å². The second kappa shape index (κ2) is 17.8. The summed E-state index contributed by atoms with van der Waals surface area (Å²) in [5.41, 5.74) is 0. The summed E-state index contributed by atoms with van der Waals surface area (Å²) in [6.45, 7) is 5.20. The number of rotatable bonds is 20. The molecule has 0 bridgehead atoms. The van der Waals surface area contributed by atoms with Gasteiger partial charge in [-0.3, -0.25) is 4.18 Å². The number of ether oxygens (including phenoxy) is 3. The minimum atomic E-state index is -3.71. The van der Waals surface area contributed by atoms with Crippen molar-refractivity contribution < 1.29 is 26.8 Å². The van der Waals surface area contributed by atoms with Crippen molar-refractivity contribution in [3.05, 3.63) is 30.3 Å². The van der Waals surface area contributed by atoms with E-state index in [9.17, 15) is 8.42 Å². The summed E-state index contributed by atoms with van der Waals surface area (Å²) in [5.74, 6) is 0. The first kappa shape index (κ1) is 26.0. The van der Waals surface area contributed by atoms with Crippen molar-refractivity contribution >= 4 is 10.1 Å². The fraction of sp³-hybridized carbons (Fsp3) is 0.727. The van der Waals surface area contributed by atoms with E-state index in [0.717, 1.165) is 13.0 Å². The Bertz CT molecular complexity index is 576. The Labute approximate surface area is 177 Å². The molecule has 6 nitrogen and oxygen atoms in total. The molecule has 7 heteroatoms. The molecule has 0 saturated heterocycles. The second-order valence-corrected chi connectivity index (χ2v) is 8.52. The van der Waals surface area contributed by atoms with Crippen molar-refractivity contribution in [1.82, 2.24) is 0 Å². The first-order valence-corrected chi connectivity index (χ1v) is 12.3. The summed E-state index contributed by atoms with van der Waals surface area (Å²) < 4.78 is 45.0. The molecule has 0 heterocycles. The Morgan fingerprint density at radius 1 is 0.621 bits per heavy atom. The van der Waals surface area contributed by atoms with Crippen LogP contribution in [0.25, 0.3) is 0 Å². The standard InChI is InChI=1S/C22H38O6S/c1-2-3-4-5-6-7-8-12-15-25-16-17-26-18-19-27-20-21-28-29(23,24)22-13-10-9-11-14-22/h9-11,13-14H,2-8,12,15-21H2,1H3. The third kappa shape index (κ3) is 14.6. The predicted molar refractivity (Wildman–Crippen MR) is 115 cm³/mol. The van der Waals surface area contributed by atoms with E-state index in [-0.39, 0.29) is 18.1 Å². The van der Waals surface area contributed by atoms with Gasteiger partial charge in [-0.15, -0.1) is 0 Å². The van der Waals surface area contributed by atoms with Crippen LogP contribution in [0.15, 0.2) is 35.2 Å². The fourth-order valence-corrected chi connectivity index (χ4v) is 3.65.